The molecule has 1 saturated heterocycles. The second kappa shape index (κ2) is 8.43. The molecule has 3 aliphatic rings. The minimum absolute atomic E-state index is 0.132. The molecule has 34 heavy (non-hydrogen) atoms. The van der Waals surface area contributed by atoms with Crippen molar-refractivity contribution >= 4 is 28.8 Å². The van der Waals surface area contributed by atoms with Crippen molar-refractivity contribution in [2.75, 3.05) is 28.2 Å². The quantitative estimate of drug-likeness (QED) is 0.542. The Balaban J connectivity index is 1.50. The Hall–Kier alpha value is -2.84. The SMILES string of the molecule is CC1CC(F)(F)CCC1C(=O)N1Cc2cccnc2Nc2ccc(N3CCC(F)(F)CC3)cc21. The maximum absolute atomic E-state index is 13.9. The van der Waals surface area contributed by atoms with Gasteiger partial charge in [0.15, 0.2) is 0 Å². The fourth-order valence-corrected chi connectivity index (χ4v) is 5.33. The molecule has 2 aliphatic heterocycles. The molecule has 0 bridgehead atoms. The first-order chi connectivity index (χ1) is 16.1. The van der Waals surface area contributed by atoms with Crippen LogP contribution in [0.3, 0.4) is 0 Å². The van der Waals surface area contributed by atoms with Gasteiger partial charge in [-0.3, -0.25) is 4.79 Å². The van der Waals surface area contributed by atoms with Crippen molar-refractivity contribution in [2.45, 2.75) is 57.4 Å². The fraction of sp³-hybridized carbons (Fsp3) is 0.520. The number of carbonyl (C=O) groups is 1. The predicted octanol–water partition coefficient (Wildman–Crippen LogP) is 5.98. The molecule has 1 aliphatic carbocycles. The van der Waals surface area contributed by atoms with E-state index in [2.05, 4.69) is 10.3 Å². The van der Waals surface area contributed by atoms with Gasteiger partial charge >= 0.3 is 0 Å². The smallest absolute Gasteiger partial charge is 0.251 e. The average Bonchev–Trinajstić information content (AvgIpc) is 2.94. The number of benzene rings is 1. The third kappa shape index (κ3) is 4.44. The van der Waals surface area contributed by atoms with Gasteiger partial charge in [0.1, 0.15) is 5.82 Å². The number of pyridine rings is 1. The van der Waals surface area contributed by atoms with Crippen LogP contribution < -0.4 is 15.1 Å². The summed E-state index contributed by atoms with van der Waals surface area (Å²) in [6.07, 6.45) is 0.765. The number of anilines is 4. The molecule has 1 amide bonds. The maximum atomic E-state index is 13.9. The summed E-state index contributed by atoms with van der Waals surface area (Å²) in [4.78, 5) is 21.8. The Kier molecular flexibility index (Phi) is 5.68. The van der Waals surface area contributed by atoms with E-state index in [4.69, 9.17) is 0 Å². The van der Waals surface area contributed by atoms with E-state index in [1.165, 1.54) is 0 Å². The van der Waals surface area contributed by atoms with Crippen LogP contribution in [0, 0.1) is 11.8 Å². The molecule has 0 spiro atoms. The van der Waals surface area contributed by atoms with Gasteiger partial charge in [-0.05, 0) is 36.6 Å². The summed E-state index contributed by atoms with van der Waals surface area (Å²) in [6, 6.07) is 9.21. The lowest BCUT2D eigenvalue weighted by molar-refractivity contribution is -0.130. The number of aromatic nitrogens is 1. The zero-order valence-electron chi connectivity index (χ0n) is 19.0. The van der Waals surface area contributed by atoms with Crippen LogP contribution in [0.2, 0.25) is 0 Å². The van der Waals surface area contributed by atoms with Crippen LogP contribution in [-0.2, 0) is 11.3 Å². The summed E-state index contributed by atoms with van der Waals surface area (Å²) in [5, 5.41) is 3.29. The predicted molar refractivity (Wildman–Crippen MR) is 123 cm³/mol. The van der Waals surface area contributed by atoms with Crippen LogP contribution >= 0.6 is 0 Å². The normalized spacial score (nSPS) is 25.6. The molecule has 2 atom stereocenters. The third-order valence-electron chi connectivity index (χ3n) is 7.32. The molecule has 3 heterocycles. The number of hydrogen-bond acceptors (Lipinski definition) is 4. The largest absolute Gasteiger partial charge is 0.371 e. The summed E-state index contributed by atoms with van der Waals surface area (Å²) in [7, 11) is 0. The first kappa shape index (κ1) is 22.9. The minimum Gasteiger partial charge on any atom is -0.371 e. The van der Waals surface area contributed by atoms with E-state index in [1.54, 1.807) is 24.1 Å². The standard InChI is InChI=1S/C25H28F4N4O/c1-16-14-25(28,29)7-6-19(16)23(34)33-15-17-3-2-10-30-22(17)31-20-5-4-18(13-21(20)33)32-11-8-24(26,27)9-12-32/h2-5,10,13,16,19H,6-9,11-12,14-15H2,1H3,(H,30,31). The first-order valence-corrected chi connectivity index (χ1v) is 11.8. The van der Waals surface area contributed by atoms with Crippen LogP contribution in [0.4, 0.5) is 40.4 Å². The Morgan fingerprint density at radius 1 is 1.09 bits per heavy atom. The third-order valence-corrected chi connectivity index (χ3v) is 7.32. The number of fused-ring (bicyclic) bond motifs is 2. The van der Waals surface area contributed by atoms with Crippen molar-refractivity contribution in [3.05, 3.63) is 42.1 Å². The van der Waals surface area contributed by atoms with E-state index in [0.29, 0.717) is 17.2 Å². The highest BCUT2D eigenvalue weighted by Crippen LogP contribution is 2.44. The van der Waals surface area contributed by atoms with Gasteiger partial charge in [0.05, 0.1) is 17.9 Å². The van der Waals surface area contributed by atoms with Crippen molar-refractivity contribution in [3.63, 3.8) is 0 Å². The Morgan fingerprint density at radius 3 is 2.59 bits per heavy atom. The van der Waals surface area contributed by atoms with Gasteiger partial charge in [-0.25, -0.2) is 22.5 Å². The summed E-state index contributed by atoms with van der Waals surface area (Å²) in [5.74, 6) is -5.91. The second-order valence-corrected chi connectivity index (χ2v) is 9.79. The highest BCUT2D eigenvalue weighted by atomic mass is 19.3. The van der Waals surface area contributed by atoms with Crippen molar-refractivity contribution in [1.82, 2.24) is 4.98 Å². The lowest BCUT2D eigenvalue weighted by Gasteiger charge is -2.37. The molecule has 182 valence electrons. The number of alkyl halides is 4. The van der Waals surface area contributed by atoms with E-state index < -0.39 is 23.7 Å². The van der Waals surface area contributed by atoms with Crippen molar-refractivity contribution in [2.24, 2.45) is 11.8 Å². The first-order valence-electron chi connectivity index (χ1n) is 11.8. The van der Waals surface area contributed by atoms with E-state index in [-0.39, 0.29) is 57.6 Å². The number of piperidine rings is 1. The second-order valence-electron chi connectivity index (χ2n) is 9.79. The van der Waals surface area contributed by atoms with Crippen molar-refractivity contribution in [1.29, 1.82) is 0 Å². The highest BCUT2D eigenvalue weighted by molar-refractivity contribution is 6.00. The molecule has 2 unspecified atom stereocenters. The zero-order chi connectivity index (χ0) is 24.1. The number of halogens is 4. The highest BCUT2D eigenvalue weighted by Gasteiger charge is 2.44. The summed E-state index contributed by atoms with van der Waals surface area (Å²) in [6.45, 7) is 2.42. The molecule has 1 aromatic carbocycles. The van der Waals surface area contributed by atoms with E-state index in [9.17, 15) is 22.4 Å². The number of rotatable bonds is 2. The van der Waals surface area contributed by atoms with Crippen LogP contribution in [0.25, 0.3) is 0 Å². The average molecular weight is 477 g/mol. The van der Waals surface area contributed by atoms with Crippen LogP contribution in [0.5, 0.6) is 0 Å². The number of amides is 1. The summed E-state index contributed by atoms with van der Waals surface area (Å²) >= 11 is 0. The van der Waals surface area contributed by atoms with Gasteiger partial charge < -0.3 is 15.1 Å². The van der Waals surface area contributed by atoms with Crippen LogP contribution in [0.1, 0.15) is 44.6 Å². The number of carbonyl (C=O) groups excluding carboxylic acids is 1. The molecule has 5 rings (SSSR count). The lowest BCUT2D eigenvalue weighted by atomic mass is 9.77. The van der Waals surface area contributed by atoms with Gasteiger partial charge in [-0.15, -0.1) is 0 Å². The Morgan fingerprint density at radius 2 is 1.85 bits per heavy atom. The van der Waals surface area contributed by atoms with E-state index in [0.717, 1.165) is 11.3 Å². The summed E-state index contributed by atoms with van der Waals surface area (Å²) < 4.78 is 55.3. The van der Waals surface area contributed by atoms with E-state index in [1.807, 2.05) is 29.2 Å². The molecule has 9 heteroatoms. The van der Waals surface area contributed by atoms with Gasteiger partial charge in [-0.1, -0.05) is 13.0 Å². The number of hydrogen-bond donors (Lipinski definition) is 1. The Labute approximate surface area is 196 Å². The van der Waals surface area contributed by atoms with Crippen molar-refractivity contribution in [3.8, 4) is 0 Å². The van der Waals surface area contributed by atoms with Crippen molar-refractivity contribution < 1.29 is 22.4 Å². The molecule has 1 saturated carbocycles. The van der Waals surface area contributed by atoms with E-state index >= 15 is 0 Å². The number of nitrogens with zero attached hydrogens (tertiary/aromatic N) is 3. The Bertz CT molecular complexity index is 1080. The minimum atomic E-state index is -2.74. The molecule has 1 N–H and O–H groups in total. The van der Waals surface area contributed by atoms with Gasteiger partial charge in [0, 0.05) is 62.1 Å². The molecule has 0 radical (unpaired) electrons. The zero-order valence-corrected chi connectivity index (χ0v) is 19.0. The maximum Gasteiger partial charge on any atom is 0.251 e. The van der Waals surface area contributed by atoms with Crippen LogP contribution in [-0.4, -0.2) is 35.8 Å². The molecule has 2 fully saturated rings. The monoisotopic (exact) mass is 476 g/mol. The van der Waals surface area contributed by atoms with Gasteiger partial charge in [0.2, 0.25) is 11.8 Å². The topological polar surface area (TPSA) is 48.5 Å². The molecular formula is C25H28F4N4O. The number of nitrogens with one attached hydrogen (secondary N) is 1. The van der Waals surface area contributed by atoms with Gasteiger partial charge in [-0.2, -0.15) is 0 Å². The molecule has 5 nitrogen and oxygen atoms in total. The molecule has 1 aromatic heterocycles. The molecule has 2 aromatic rings. The van der Waals surface area contributed by atoms with Gasteiger partial charge in [0.25, 0.3) is 5.92 Å². The summed E-state index contributed by atoms with van der Waals surface area (Å²) in [5.41, 5.74) is 2.86. The lowest BCUT2D eigenvalue weighted by Crippen LogP contribution is -2.43. The molecular weight excluding hydrogens is 448 g/mol. The van der Waals surface area contributed by atoms with Crippen LogP contribution in [0.15, 0.2) is 36.5 Å². The fourth-order valence-electron chi connectivity index (χ4n) is 5.33.